The smallest absolute Gasteiger partial charge is 0.220 e. The first kappa shape index (κ1) is 17.7. The predicted molar refractivity (Wildman–Crippen MR) is 89.8 cm³/mol. The van der Waals surface area contributed by atoms with Gasteiger partial charge in [0.2, 0.25) is 5.91 Å². The average Bonchev–Trinajstić information content (AvgIpc) is 2.56. The monoisotopic (exact) mass is 310 g/mol. The van der Waals surface area contributed by atoms with Crippen LogP contribution in [0.4, 0.5) is 0 Å². The normalized spacial score (nSPS) is 24.9. The van der Waals surface area contributed by atoms with Gasteiger partial charge in [-0.25, -0.2) is 0 Å². The van der Waals surface area contributed by atoms with Gasteiger partial charge in [-0.1, -0.05) is 26.2 Å². The molecule has 2 atom stereocenters. The third-order valence-electron chi connectivity index (χ3n) is 5.20. The number of nitrogens with one attached hydrogen (secondary N) is 2. The van der Waals surface area contributed by atoms with Crippen molar-refractivity contribution in [2.75, 3.05) is 26.2 Å². The van der Waals surface area contributed by atoms with E-state index in [1.807, 2.05) is 0 Å². The lowest BCUT2D eigenvalue weighted by atomic mass is 9.85. The van der Waals surface area contributed by atoms with Crippen LogP contribution in [0.15, 0.2) is 0 Å². The van der Waals surface area contributed by atoms with E-state index in [2.05, 4.69) is 17.6 Å². The van der Waals surface area contributed by atoms with E-state index in [4.69, 9.17) is 4.74 Å². The van der Waals surface area contributed by atoms with E-state index < -0.39 is 0 Å². The first-order valence-electron chi connectivity index (χ1n) is 9.34. The van der Waals surface area contributed by atoms with Crippen molar-refractivity contribution in [1.29, 1.82) is 0 Å². The van der Waals surface area contributed by atoms with Gasteiger partial charge in [-0.15, -0.1) is 0 Å². The lowest BCUT2D eigenvalue weighted by Crippen LogP contribution is -2.35. The fourth-order valence-electron chi connectivity index (χ4n) is 3.68. The molecule has 0 radical (unpaired) electrons. The van der Waals surface area contributed by atoms with Gasteiger partial charge < -0.3 is 15.4 Å². The Labute approximate surface area is 135 Å². The van der Waals surface area contributed by atoms with E-state index >= 15 is 0 Å². The molecule has 4 nitrogen and oxygen atoms in total. The largest absolute Gasteiger partial charge is 0.378 e. The minimum Gasteiger partial charge on any atom is -0.378 e. The number of amides is 1. The first-order chi connectivity index (χ1) is 10.8. The van der Waals surface area contributed by atoms with E-state index in [0.717, 1.165) is 32.7 Å². The summed E-state index contributed by atoms with van der Waals surface area (Å²) in [6, 6.07) is 0. The Kier molecular flexibility index (Phi) is 8.24. The Morgan fingerprint density at radius 1 is 1.23 bits per heavy atom. The number of ether oxygens (including phenoxy) is 1. The van der Waals surface area contributed by atoms with E-state index in [-0.39, 0.29) is 5.91 Å². The second-order valence-corrected chi connectivity index (χ2v) is 7.12. The molecule has 1 saturated heterocycles. The third kappa shape index (κ3) is 6.66. The molecule has 0 bridgehead atoms. The fourth-order valence-corrected chi connectivity index (χ4v) is 3.68. The van der Waals surface area contributed by atoms with Gasteiger partial charge in [0.15, 0.2) is 0 Å². The maximum Gasteiger partial charge on any atom is 0.220 e. The Morgan fingerprint density at radius 3 is 2.77 bits per heavy atom. The van der Waals surface area contributed by atoms with Gasteiger partial charge in [0.1, 0.15) is 0 Å². The molecule has 2 unspecified atom stereocenters. The van der Waals surface area contributed by atoms with Crippen LogP contribution in [-0.4, -0.2) is 38.3 Å². The molecule has 1 aliphatic carbocycles. The molecular weight excluding hydrogens is 276 g/mol. The Hall–Kier alpha value is -0.610. The van der Waals surface area contributed by atoms with Crippen molar-refractivity contribution in [2.24, 2.45) is 11.8 Å². The summed E-state index contributed by atoms with van der Waals surface area (Å²) in [4.78, 5) is 12.0. The average molecular weight is 310 g/mol. The highest BCUT2D eigenvalue weighted by Crippen LogP contribution is 2.22. The van der Waals surface area contributed by atoms with E-state index in [0.29, 0.717) is 24.4 Å². The van der Waals surface area contributed by atoms with Crippen LogP contribution in [0.5, 0.6) is 0 Å². The molecule has 128 valence electrons. The zero-order valence-electron chi connectivity index (χ0n) is 14.2. The van der Waals surface area contributed by atoms with Gasteiger partial charge in [-0.2, -0.15) is 0 Å². The maximum atomic E-state index is 12.0. The summed E-state index contributed by atoms with van der Waals surface area (Å²) in [5.74, 6) is 1.34. The minimum atomic E-state index is 0.204. The second-order valence-electron chi connectivity index (χ2n) is 7.12. The molecule has 0 aromatic heterocycles. The van der Waals surface area contributed by atoms with Crippen LogP contribution in [0, 0.1) is 11.8 Å². The van der Waals surface area contributed by atoms with Crippen LogP contribution < -0.4 is 10.6 Å². The lowest BCUT2D eigenvalue weighted by molar-refractivity contribution is -0.122. The van der Waals surface area contributed by atoms with Crippen LogP contribution in [-0.2, 0) is 9.53 Å². The van der Waals surface area contributed by atoms with Gasteiger partial charge in [0, 0.05) is 19.6 Å². The third-order valence-corrected chi connectivity index (χ3v) is 5.20. The molecular formula is C18H34N2O2. The van der Waals surface area contributed by atoms with Gasteiger partial charge in [-0.05, 0) is 57.0 Å². The molecule has 1 aliphatic heterocycles. The highest BCUT2D eigenvalue weighted by Gasteiger charge is 2.21. The van der Waals surface area contributed by atoms with Crippen LogP contribution in [0.1, 0.15) is 64.7 Å². The summed E-state index contributed by atoms with van der Waals surface area (Å²) in [7, 11) is 0. The van der Waals surface area contributed by atoms with E-state index in [1.165, 1.54) is 44.9 Å². The van der Waals surface area contributed by atoms with Crippen molar-refractivity contribution in [3.8, 4) is 0 Å². The highest BCUT2D eigenvalue weighted by atomic mass is 16.5. The second kappa shape index (κ2) is 10.2. The summed E-state index contributed by atoms with van der Waals surface area (Å²) < 4.78 is 5.88. The fraction of sp³-hybridized carbons (Fsp3) is 0.944. The van der Waals surface area contributed by atoms with Gasteiger partial charge in [0.05, 0.1) is 6.10 Å². The standard InChI is InChI=1S/C18H34N2O2/c1-15(16-7-5-10-19-14-16)13-18(21)20-11-6-12-22-17-8-3-2-4-9-17/h15-17,19H,2-14H2,1H3,(H,20,21). The number of carbonyl (C=O) groups is 1. The molecule has 2 N–H and O–H groups in total. The molecule has 2 rings (SSSR count). The van der Waals surface area contributed by atoms with Gasteiger partial charge in [-0.3, -0.25) is 4.79 Å². The molecule has 2 aliphatic rings. The van der Waals surface area contributed by atoms with Crippen molar-refractivity contribution >= 4 is 5.91 Å². The summed E-state index contributed by atoms with van der Waals surface area (Å²) >= 11 is 0. The summed E-state index contributed by atoms with van der Waals surface area (Å²) in [6.07, 6.45) is 11.0. The quantitative estimate of drug-likeness (QED) is 0.678. The maximum absolute atomic E-state index is 12.0. The highest BCUT2D eigenvalue weighted by molar-refractivity contribution is 5.76. The Bertz CT molecular complexity index is 310. The Balaban J connectivity index is 1.48. The van der Waals surface area contributed by atoms with Crippen molar-refractivity contribution in [1.82, 2.24) is 10.6 Å². The summed E-state index contributed by atoms with van der Waals surface area (Å²) in [6.45, 7) is 5.96. The van der Waals surface area contributed by atoms with Gasteiger partial charge >= 0.3 is 0 Å². The zero-order chi connectivity index (χ0) is 15.6. The predicted octanol–water partition coefficient (Wildman–Crippen LogP) is 2.87. The van der Waals surface area contributed by atoms with Crippen LogP contribution in [0.2, 0.25) is 0 Å². The van der Waals surface area contributed by atoms with Crippen molar-refractivity contribution in [3.05, 3.63) is 0 Å². The SMILES string of the molecule is CC(CC(=O)NCCCOC1CCCCC1)C1CCCNC1. The number of hydrogen-bond donors (Lipinski definition) is 2. The van der Waals surface area contributed by atoms with Gasteiger partial charge in [0.25, 0.3) is 0 Å². The summed E-state index contributed by atoms with van der Waals surface area (Å²) in [5.41, 5.74) is 0. The molecule has 0 spiro atoms. The van der Waals surface area contributed by atoms with Crippen LogP contribution in [0.25, 0.3) is 0 Å². The number of hydrogen-bond acceptors (Lipinski definition) is 3. The Morgan fingerprint density at radius 2 is 2.05 bits per heavy atom. The van der Waals surface area contributed by atoms with E-state index in [1.54, 1.807) is 0 Å². The molecule has 4 heteroatoms. The lowest BCUT2D eigenvalue weighted by Gasteiger charge is -2.28. The molecule has 22 heavy (non-hydrogen) atoms. The molecule has 1 heterocycles. The minimum absolute atomic E-state index is 0.204. The molecule has 0 aromatic carbocycles. The topological polar surface area (TPSA) is 50.4 Å². The molecule has 1 amide bonds. The van der Waals surface area contributed by atoms with Crippen molar-refractivity contribution < 1.29 is 9.53 Å². The van der Waals surface area contributed by atoms with E-state index in [9.17, 15) is 4.79 Å². The first-order valence-corrected chi connectivity index (χ1v) is 9.34. The summed E-state index contributed by atoms with van der Waals surface area (Å²) in [5, 5.41) is 6.48. The number of carbonyl (C=O) groups excluding carboxylic acids is 1. The number of rotatable bonds is 8. The number of piperidine rings is 1. The van der Waals surface area contributed by atoms with Crippen molar-refractivity contribution in [2.45, 2.75) is 70.8 Å². The van der Waals surface area contributed by atoms with Crippen LogP contribution in [0.3, 0.4) is 0 Å². The molecule has 0 aromatic rings. The molecule has 1 saturated carbocycles. The molecule has 2 fully saturated rings. The van der Waals surface area contributed by atoms with Crippen molar-refractivity contribution in [3.63, 3.8) is 0 Å². The zero-order valence-corrected chi connectivity index (χ0v) is 14.2. The van der Waals surface area contributed by atoms with Crippen LogP contribution >= 0.6 is 0 Å².